The van der Waals surface area contributed by atoms with Gasteiger partial charge in [-0.15, -0.1) is 0 Å². The molecule has 1 aromatic carbocycles. The summed E-state index contributed by atoms with van der Waals surface area (Å²) in [6, 6.07) is 0. The number of methoxy groups -OCH3 is 2. The number of phenols is 1. The van der Waals surface area contributed by atoms with Crippen molar-refractivity contribution in [2.45, 2.75) is 34.1 Å². The smallest absolute Gasteiger partial charge is 0.342 e. The summed E-state index contributed by atoms with van der Waals surface area (Å²) >= 11 is 0. The Morgan fingerprint density at radius 2 is 1.52 bits per heavy atom. The van der Waals surface area contributed by atoms with Crippen molar-refractivity contribution < 1.29 is 38.5 Å². The number of rotatable bonds is 4. The molecule has 29 heavy (non-hydrogen) atoms. The monoisotopic (exact) mass is 407 g/mol. The van der Waals surface area contributed by atoms with Crippen LogP contribution in [0.2, 0.25) is 0 Å². The summed E-state index contributed by atoms with van der Waals surface area (Å²) in [5.74, 6) is -3.81. The fourth-order valence-electron chi connectivity index (χ4n) is 3.26. The Hall–Kier alpha value is -3.10. The maximum absolute atomic E-state index is 13.0. The highest BCUT2D eigenvalue weighted by molar-refractivity contribution is 6.17. The van der Waals surface area contributed by atoms with Crippen molar-refractivity contribution in [2.24, 2.45) is 5.41 Å². The highest BCUT2D eigenvalue weighted by Gasteiger charge is 2.42. The third-order valence-corrected chi connectivity index (χ3v) is 4.55. The zero-order valence-corrected chi connectivity index (χ0v) is 17.4. The fraction of sp³-hybridized carbons (Fsp3) is 0.500. The van der Waals surface area contributed by atoms with Crippen molar-refractivity contribution in [1.29, 1.82) is 0 Å². The van der Waals surface area contributed by atoms with Crippen molar-refractivity contribution in [3.05, 3.63) is 22.3 Å². The number of benzene rings is 1. The lowest BCUT2D eigenvalue weighted by Gasteiger charge is -2.28. The minimum Gasteiger partial charge on any atom is -0.507 e. The molecule has 1 aliphatic heterocycles. The first-order valence-electron chi connectivity index (χ1n) is 9.08. The summed E-state index contributed by atoms with van der Waals surface area (Å²) in [4.78, 5) is 52.0. The average molecular weight is 407 g/mol. The van der Waals surface area contributed by atoms with Crippen LogP contribution in [0.15, 0.2) is 0 Å². The number of nitrogens with zero attached hydrogens (tertiary/aromatic N) is 1. The summed E-state index contributed by atoms with van der Waals surface area (Å²) in [5.41, 5.74) is -1.85. The van der Waals surface area contributed by atoms with Crippen LogP contribution in [0.25, 0.3) is 0 Å². The first-order chi connectivity index (χ1) is 13.5. The van der Waals surface area contributed by atoms with Gasteiger partial charge < -0.3 is 24.2 Å². The SMILES string of the molecule is CCOC(=O)c1c(O)c2c(c(C(=O)OC)c1C(=O)OC)N(C(=O)C(C)(C)C)CC2. The number of hydrogen-bond acceptors (Lipinski definition) is 8. The van der Waals surface area contributed by atoms with Gasteiger partial charge in [-0.3, -0.25) is 4.79 Å². The van der Waals surface area contributed by atoms with E-state index in [1.165, 1.54) is 4.90 Å². The minimum atomic E-state index is -1.04. The Morgan fingerprint density at radius 1 is 0.966 bits per heavy atom. The number of esters is 3. The minimum absolute atomic E-state index is 0.0157. The van der Waals surface area contributed by atoms with Gasteiger partial charge in [-0.05, 0) is 13.3 Å². The van der Waals surface area contributed by atoms with Crippen LogP contribution in [0.4, 0.5) is 5.69 Å². The van der Waals surface area contributed by atoms with Gasteiger partial charge in [0, 0.05) is 17.5 Å². The molecule has 0 aromatic heterocycles. The molecular formula is C20H25NO8. The van der Waals surface area contributed by atoms with Gasteiger partial charge in [-0.25, -0.2) is 14.4 Å². The van der Waals surface area contributed by atoms with Gasteiger partial charge in [0.2, 0.25) is 5.91 Å². The third kappa shape index (κ3) is 3.76. The predicted molar refractivity (Wildman–Crippen MR) is 102 cm³/mol. The Kier molecular flexibility index (Phi) is 6.20. The molecule has 0 aliphatic carbocycles. The van der Waals surface area contributed by atoms with Gasteiger partial charge in [-0.2, -0.15) is 0 Å². The molecular weight excluding hydrogens is 382 g/mol. The topological polar surface area (TPSA) is 119 Å². The highest BCUT2D eigenvalue weighted by atomic mass is 16.5. The van der Waals surface area contributed by atoms with Crippen LogP contribution >= 0.6 is 0 Å². The van der Waals surface area contributed by atoms with Gasteiger partial charge in [0.15, 0.2) is 0 Å². The van der Waals surface area contributed by atoms with E-state index in [9.17, 15) is 24.3 Å². The van der Waals surface area contributed by atoms with E-state index in [1.807, 2.05) is 0 Å². The van der Waals surface area contributed by atoms with Crippen LogP contribution in [0.1, 0.15) is 64.3 Å². The Morgan fingerprint density at radius 3 is 2.00 bits per heavy atom. The van der Waals surface area contributed by atoms with Crippen molar-refractivity contribution in [2.75, 3.05) is 32.3 Å². The highest BCUT2D eigenvalue weighted by Crippen LogP contribution is 2.45. The lowest BCUT2D eigenvalue weighted by molar-refractivity contribution is -0.125. The van der Waals surface area contributed by atoms with E-state index in [0.29, 0.717) is 0 Å². The number of anilines is 1. The lowest BCUT2D eigenvalue weighted by Crippen LogP contribution is -2.39. The number of ether oxygens (including phenoxy) is 3. The van der Waals surface area contributed by atoms with Gasteiger partial charge in [-0.1, -0.05) is 20.8 Å². The van der Waals surface area contributed by atoms with E-state index in [0.717, 1.165) is 14.2 Å². The van der Waals surface area contributed by atoms with E-state index < -0.39 is 40.2 Å². The lowest BCUT2D eigenvalue weighted by atomic mass is 9.91. The van der Waals surface area contributed by atoms with Crippen molar-refractivity contribution in [3.63, 3.8) is 0 Å². The standard InChI is InChI=1S/C20H25NO8/c1-7-29-18(25)13-11(16(23)27-5)12(17(24)28-6)14-10(15(13)22)8-9-21(14)19(26)20(2,3)4/h22H,7-9H2,1-6H3. The number of fused-ring (bicyclic) bond motifs is 1. The molecule has 1 aliphatic rings. The van der Waals surface area contributed by atoms with Crippen LogP contribution < -0.4 is 4.90 Å². The van der Waals surface area contributed by atoms with E-state index in [-0.39, 0.29) is 42.3 Å². The molecule has 0 unspecified atom stereocenters. The number of hydrogen-bond donors (Lipinski definition) is 1. The molecule has 0 bridgehead atoms. The summed E-state index contributed by atoms with van der Waals surface area (Å²) in [6.07, 6.45) is 0.181. The molecule has 0 saturated heterocycles. The van der Waals surface area contributed by atoms with Crippen molar-refractivity contribution in [3.8, 4) is 5.75 Å². The maximum Gasteiger partial charge on any atom is 0.342 e. The number of carbonyl (C=O) groups excluding carboxylic acids is 4. The molecule has 0 spiro atoms. The summed E-state index contributed by atoms with van der Waals surface area (Å²) in [6.45, 7) is 6.83. The van der Waals surface area contributed by atoms with Crippen LogP contribution in [-0.4, -0.2) is 56.3 Å². The fourth-order valence-corrected chi connectivity index (χ4v) is 3.26. The molecule has 1 amide bonds. The van der Waals surface area contributed by atoms with Crippen molar-refractivity contribution >= 4 is 29.5 Å². The van der Waals surface area contributed by atoms with Gasteiger partial charge in [0.05, 0.1) is 37.6 Å². The summed E-state index contributed by atoms with van der Waals surface area (Å²) in [5, 5.41) is 10.8. The van der Waals surface area contributed by atoms with Crippen LogP contribution in [-0.2, 0) is 25.4 Å². The first-order valence-corrected chi connectivity index (χ1v) is 9.08. The Labute approximate surface area is 168 Å². The molecule has 1 heterocycles. The Balaban J connectivity index is 2.96. The molecule has 1 N–H and O–H groups in total. The summed E-state index contributed by atoms with van der Waals surface area (Å²) < 4.78 is 14.5. The van der Waals surface area contributed by atoms with E-state index >= 15 is 0 Å². The van der Waals surface area contributed by atoms with E-state index in [2.05, 4.69) is 0 Å². The Bertz CT molecular complexity index is 882. The molecule has 9 heteroatoms. The zero-order valence-electron chi connectivity index (χ0n) is 17.4. The van der Waals surface area contributed by atoms with E-state index in [1.54, 1.807) is 27.7 Å². The molecule has 2 rings (SSSR count). The first kappa shape index (κ1) is 22.2. The number of aromatic hydroxyl groups is 1. The van der Waals surface area contributed by atoms with Gasteiger partial charge in [0.25, 0.3) is 0 Å². The van der Waals surface area contributed by atoms with E-state index in [4.69, 9.17) is 14.2 Å². The van der Waals surface area contributed by atoms with Crippen molar-refractivity contribution in [1.82, 2.24) is 0 Å². The number of phenolic OH excluding ortho intramolecular Hbond substituents is 1. The van der Waals surface area contributed by atoms with Gasteiger partial charge >= 0.3 is 17.9 Å². The molecule has 0 radical (unpaired) electrons. The molecule has 9 nitrogen and oxygen atoms in total. The molecule has 1 aromatic rings. The normalized spacial score (nSPS) is 13.0. The van der Waals surface area contributed by atoms with Crippen LogP contribution in [0.3, 0.4) is 0 Å². The summed E-state index contributed by atoms with van der Waals surface area (Å²) in [7, 11) is 2.18. The quantitative estimate of drug-likeness (QED) is 0.595. The second-order valence-corrected chi connectivity index (χ2v) is 7.46. The average Bonchev–Trinajstić information content (AvgIpc) is 3.10. The van der Waals surface area contributed by atoms with Gasteiger partial charge in [0.1, 0.15) is 11.3 Å². The maximum atomic E-state index is 13.0. The van der Waals surface area contributed by atoms with Crippen LogP contribution in [0, 0.1) is 5.41 Å². The molecule has 0 fully saturated rings. The van der Waals surface area contributed by atoms with Crippen LogP contribution in [0.5, 0.6) is 5.75 Å². The predicted octanol–water partition coefficient (Wildman–Crippen LogP) is 2.08. The molecule has 0 saturated carbocycles. The molecule has 0 atom stereocenters. The second kappa shape index (κ2) is 8.10. The number of carbonyl (C=O) groups is 4. The number of amides is 1. The molecule has 158 valence electrons. The zero-order chi connectivity index (χ0) is 22.1. The largest absolute Gasteiger partial charge is 0.507 e. The second-order valence-electron chi connectivity index (χ2n) is 7.46. The third-order valence-electron chi connectivity index (χ3n) is 4.55.